The maximum Gasteiger partial charge on any atom is 0.404 e. The lowest BCUT2D eigenvalue weighted by atomic mass is 9.76. The second kappa shape index (κ2) is 3.33. The molecule has 1 rings (SSSR count). The van der Waals surface area contributed by atoms with Crippen LogP contribution in [0.25, 0.3) is 0 Å². The van der Waals surface area contributed by atoms with Crippen LogP contribution in [0, 0.1) is 5.41 Å². The quantitative estimate of drug-likeness (QED) is 0.656. The summed E-state index contributed by atoms with van der Waals surface area (Å²) in [5, 5.41) is 0. The highest BCUT2D eigenvalue weighted by molar-refractivity contribution is 5.64. The van der Waals surface area contributed by atoms with Gasteiger partial charge in [-0.05, 0) is 31.1 Å². The molecule has 0 saturated heterocycles. The van der Waals surface area contributed by atoms with Crippen molar-refractivity contribution in [3.05, 3.63) is 0 Å². The molecule has 0 radical (unpaired) electrons. The van der Waals surface area contributed by atoms with Crippen molar-refractivity contribution in [2.45, 2.75) is 45.6 Å². The van der Waals surface area contributed by atoms with E-state index in [2.05, 4.69) is 13.8 Å². The molecule has 0 heterocycles. The first-order valence-corrected chi connectivity index (χ1v) is 4.46. The third-order valence-electron chi connectivity index (χ3n) is 2.44. The average Bonchev–Trinajstić information content (AvgIpc) is 1.82. The molecule has 0 unspecified atom stereocenters. The van der Waals surface area contributed by atoms with Crippen LogP contribution in [-0.4, -0.2) is 12.2 Å². The van der Waals surface area contributed by atoms with E-state index in [0.717, 1.165) is 19.3 Å². The molecule has 1 atom stereocenters. The monoisotopic (exact) mass is 171 g/mol. The number of primary amides is 1. The highest BCUT2D eigenvalue weighted by Gasteiger charge is 2.29. The molecule has 0 spiro atoms. The maximum atomic E-state index is 10.5. The summed E-state index contributed by atoms with van der Waals surface area (Å²) < 4.78 is 4.97. The molecule has 3 heteroatoms. The molecule has 1 aliphatic rings. The minimum Gasteiger partial charge on any atom is -0.446 e. The number of hydrogen-bond acceptors (Lipinski definition) is 2. The summed E-state index contributed by atoms with van der Waals surface area (Å²) in [6.07, 6.45) is 3.66. The van der Waals surface area contributed by atoms with Crippen molar-refractivity contribution < 1.29 is 9.53 Å². The largest absolute Gasteiger partial charge is 0.446 e. The normalized spacial score (nSPS) is 28.0. The molecule has 1 amide bonds. The third-order valence-corrected chi connectivity index (χ3v) is 2.44. The summed E-state index contributed by atoms with van der Waals surface area (Å²) >= 11 is 0. The number of rotatable bonds is 1. The Morgan fingerprint density at radius 3 is 2.75 bits per heavy atom. The summed E-state index contributed by atoms with van der Waals surface area (Å²) in [5.41, 5.74) is 5.25. The topological polar surface area (TPSA) is 52.3 Å². The second-order valence-corrected chi connectivity index (χ2v) is 4.32. The van der Waals surface area contributed by atoms with E-state index in [-0.39, 0.29) is 6.10 Å². The fraction of sp³-hybridized carbons (Fsp3) is 0.889. The van der Waals surface area contributed by atoms with Crippen molar-refractivity contribution in [2.24, 2.45) is 11.1 Å². The molecule has 0 bridgehead atoms. The first-order chi connectivity index (χ1) is 5.49. The number of carbonyl (C=O) groups is 1. The Bertz CT molecular complexity index is 177. The SMILES string of the molecule is CC1(C)CCC[C@H](OC(N)=O)C1. The Hall–Kier alpha value is -0.730. The second-order valence-electron chi connectivity index (χ2n) is 4.32. The molecule has 12 heavy (non-hydrogen) atoms. The molecule has 1 saturated carbocycles. The molecular formula is C9H17NO2. The van der Waals surface area contributed by atoms with Crippen molar-refractivity contribution in [1.82, 2.24) is 0 Å². The van der Waals surface area contributed by atoms with E-state index in [1.165, 1.54) is 6.42 Å². The predicted molar refractivity (Wildman–Crippen MR) is 46.7 cm³/mol. The van der Waals surface area contributed by atoms with E-state index in [4.69, 9.17) is 10.5 Å². The van der Waals surface area contributed by atoms with Gasteiger partial charge in [0.2, 0.25) is 0 Å². The van der Waals surface area contributed by atoms with Gasteiger partial charge in [0.05, 0.1) is 0 Å². The minimum absolute atomic E-state index is 0.0475. The van der Waals surface area contributed by atoms with Gasteiger partial charge in [-0.3, -0.25) is 0 Å². The number of nitrogens with two attached hydrogens (primary N) is 1. The molecule has 0 aromatic rings. The van der Waals surface area contributed by atoms with Crippen molar-refractivity contribution in [3.63, 3.8) is 0 Å². The molecule has 3 nitrogen and oxygen atoms in total. The first kappa shape index (κ1) is 9.36. The highest BCUT2D eigenvalue weighted by atomic mass is 16.6. The zero-order valence-electron chi connectivity index (χ0n) is 7.80. The Labute approximate surface area is 73.3 Å². The average molecular weight is 171 g/mol. The first-order valence-electron chi connectivity index (χ1n) is 4.46. The Morgan fingerprint density at radius 2 is 2.25 bits per heavy atom. The van der Waals surface area contributed by atoms with Gasteiger partial charge in [0.1, 0.15) is 6.10 Å². The van der Waals surface area contributed by atoms with Crippen molar-refractivity contribution in [2.75, 3.05) is 0 Å². The Kier molecular flexibility index (Phi) is 2.60. The van der Waals surface area contributed by atoms with E-state index < -0.39 is 6.09 Å². The number of ether oxygens (including phenoxy) is 1. The maximum absolute atomic E-state index is 10.5. The predicted octanol–water partition coefficient (Wildman–Crippen LogP) is 2.05. The van der Waals surface area contributed by atoms with Crippen LogP contribution in [0.1, 0.15) is 39.5 Å². The molecule has 1 fully saturated rings. The van der Waals surface area contributed by atoms with E-state index in [0.29, 0.717) is 5.41 Å². The molecule has 70 valence electrons. The van der Waals surface area contributed by atoms with Crippen LogP contribution in [0.15, 0.2) is 0 Å². The number of carbonyl (C=O) groups excluding carboxylic acids is 1. The molecule has 2 N–H and O–H groups in total. The van der Waals surface area contributed by atoms with Crippen molar-refractivity contribution >= 4 is 6.09 Å². The lowest BCUT2D eigenvalue weighted by Crippen LogP contribution is -2.31. The van der Waals surface area contributed by atoms with Gasteiger partial charge in [0.25, 0.3) is 0 Å². The van der Waals surface area contributed by atoms with Gasteiger partial charge in [0, 0.05) is 0 Å². The minimum atomic E-state index is -0.641. The van der Waals surface area contributed by atoms with Crippen molar-refractivity contribution in [1.29, 1.82) is 0 Å². The van der Waals surface area contributed by atoms with E-state index in [9.17, 15) is 4.79 Å². The fourth-order valence-electron chi connectivity index (χ4n) is 1.89. The summed E-state index contributed by atoms with van der Waals surface area (Å²) in [6, 6.07) is 0. The van der Waals surface area contributed by atoms with Gasteiger partial charge >= 0.3 is 6.09 Å². The lowest BCUT2D eigenvalue weighted by molar-refractivity contribution is 0.0433. The number of hydrogen-bond donors (Lipinski definition) is 1. The third kappa shape index (κ3) is 2.72. The molecule has 0 aliphatic heterocycles. The van der Waals surface area contributed by atoms with E-state index in [1.54, 1.807) is 0 Å². The van der Waals surface area contributed by atoms with Crippen LogP contribution >= 0.6 is 0 Å². The standard InChI is InChI=1S/C9H17NO2/c1-9(2)5-3-4-7(6-9)12-8(10)11/h7H,3-6H2,1-2H3,(H2,10,11)/t7-/m0/s1. The molecule has 0 aromatic heterocycles. The van der Waals surface area contributed by atoms with Gasteiger partial charge in [-0.1, -0.05) is 13.8 Å². The van der Waals surface area contributed by atoms with Crippen LogP contribution in [0.4, 0.5) is 4.79 Å². The fourth-order valence-corrected chi connectivity index (χ4v) is 1.89. The van der Waals surface area contributed by atoms with Gasteiger partial charge in [-0.25, -0.2) is 4.79 Å². The molecular weight excluding hydrogens is 154 g/mol. The van der Waals surface area contributed by atoms with Gasteiger partial charge in [0.15, 0.2) is 0 Å². The van der Waals surface area contributed by atoms with Crippen LogP contribution in [0.2, 0.25) is 0 Å². The van der Waals surface area contributed by atoms with Crippen molar-refractivity contribution in [3.8, 4) is 0 Å². The molecule has 1 aliphatic carbocycles. The molecule has 0 aromatic carbocycles. The zero-order chi connectivity index (χ0) is 9.19. The van der Waals surface area contributed by atoms with Crippen LogP contribution in [0.5, 0.6) is 0 Å². The van der Waals surface area contributed by atoms with E-state index in [1.807, 2.05) is 0 Å². The summed E-state index contributed by atoms with van der Waals surface area (Å²) in [5.74, 6) is 0. The van der Waals surface area contributed by atoms with Crippen LogP contribution in [-0.2, 0) is 4.74 Å². The summed E-state index contributed by atoms with van der Waals surface area (Å²) in [7, 11) is 0. The highest BCUT2D eigenvalue weighted by Crippen LogP contribution is 2.36. The van der Waals surface area contributed by atoms with Gasteiger partial charge in [-0.2, -0.15) is 0 Å². The zero-order valence-corrected chi connectivity index (χ0v) is 7.80. The summed E-state index contributed by atoms with van der Waals surface area (Å²) in [6.45, 7) is 4.40. The smallest absolute Gasteiger partial charge is 0.404 e. The summed E-state index contributed by atoms with van der Waals surface area (Å²) in [4.78, 5) is 10.5. The Morgan fingerprint density at radius 1 is 1.58 bits per heavy atom. The van der Waals surface area contributed by atoms with E-state index >= 15 is 0 Å². The van der Waals surface area contributed by atoms with Crippen LogP contribution in [0.3, 0.4) is 0 Å². The van der Waals surface area contributed by atoms with Gasteiger partial charge < -0.3 is 10.5 Å². The Balaban J connectivity index is 2.41. The number of amides is 1. The lowest BCUT2D eigenvalue weighted by Gasteiger charge is -2.34. The van der Waals surface area contributed by atoms with Crippen LogP contribution < -0.4 is 5.73 Å². The van der Waals surface area contributed by atoms with Gasteiger partial charge in [-0.15, -0.1) is 0 Å².